The number of benzene rings is 1. The van der Waals surface area contributed by atoms with Gasteiger partial charge in [-0.1, -0.05) is 68.2 Å². The average molecular weight is 313 g/mol. The molecule has 1 aromatic heterocycles. The van der Waals surface area contributed by atoms with E-state index in [0.717, 1.165) is 0 Å². The fraction of sp³-hybridized carbons (Fsp3) is 0.267. The Hall–Kier alpha value is -0.830. The summed E-state index contributed by atoms with van der Waals surface area (Å²) in [4.78, 5) is 12.3. The van der Waals surface area contributed by atoms with Crippen molar-refractivity contribution in [2.75, 3.05) is 0 Å². The van der Waals surface area contributed by atoms with Gasteiger partial charge in [-0.25, -0.2) is 0 Å². The number of halogens is 2. The Balaban J connectivity index is 2.33. The molecule has 2 aromatic rings. The van der Waals surface area contributed by atoms with Crippen LogP contribution in [-0.2, 0) is 5.41 Å². The summed E-state index contributed by atoms with van der Waals surface area (Å²) in [6.07, 6.45) is 0. The van der Waals surface area contributed by atoms with Crippen molar-refractivity contribution in [3.8, 4) is 0 Å². The minimum absolute atomic E-state index is 0.0743. The van der Waals surface area contributed by atoms with E-state index in [9.17, 15) is 4.79 Å². The Morgan fingerprint density at radius 2 is 1.68 bits per heavy atom. The van der Waals surface area contributed by atoms with Gasteiger partial charge in [0.15, 0.2) is 5.78 Å². The highest BCUT2D eigenvalue weighted by Crippen LogP contribution is 2.33. The lowest BCUT2D eigenvalue weighted by Gasteiger charge is -2.18. The molecule has 0 bridgehead atoms. The van der Waals surface area contributed by atoms with Crippen LogP contribution in [0.2, 0.25) is 8.67 Å². The normalized spacial score (nSPS) is 11.6. The lowest BCUT2D eigenvalue weighted by molar-refractivity contribution is 0.103. The van der Waals surface area contributed by atoms with Crippen molar-refractivity contribution in [2.45, 2.75) is 26.2 Å². The third-order valence-corrected chi connectivity index (χ3v) is 4.40. The molecule has 0 spiro atoms. The van der Waals surface area contributed by atoms with Crippen molar-refractivity contribution in [3.63, 3.8) is 0 Å². The lowest BCUT2D eigenvalue weighted by atomic mass is 9.86. The number of rotatable bonds is 2. The third-order valence-electron chi connectivity index (χ3n) is 2.91. The van der Waals surface area contributed by atoms with Gasteiger partial charge in [0.25, 0.3) is 0 Å². The Labute approximate surface area is 127 Å². The van der Waals surface area contributed by atoms with E-state index in [1.165, 1.54) is 16.9 Å². The first kappa shape index (κ1) is 14.6. The number of hydrogen-bond acceptors (Lipinski definition) is 2. The van der Waals surface area contributed by atoms with E-state index < -0.39 is 0 Å². The summed E-state index contributed by atoms with van der Waals surface area (Å²) in [5.41, 5.74) is 2.37. The topological polar surface area (TPSA) is 17.1 Å². The first-order valence-corrected chi connectivity index (χ1v) is 7.46. The van der Waals surface area contributed by atoms with Gasteiger partial charge in [0.1, 0.15) is 4.34 Å². The van der Waals surface area contributed by atoms with Gasteiger partial charge in [-0.05, 0) is 17.0 Å². The van der Waals surface area contributed by atoms with Crippen molar-refractivity contribution < 1.29 is 4.79 Å². The Morgan fingerprint density at radius 1 is 1.11 bits per heavy atom. The highest BCUT2D eigenvalue weighted by Gasteiger charge is 2.18. The summed E-state index contributed by atoms with van der Waals surface area (Å²) in [6.45, 7) is 6.41. The fourth-order valence-electron chi connectivity index (χ4n) is 1.77. The Morgan fingerprint density at radius 3 is 2.11 bits per heavy atom. The highest BCUT2D eigenvalue weighted by atomic mass is 35.5. The number of carbonyl (C=O) groups is 1. The van der Waals surface area contributed by atoms with E-state index in [2.05, 4.69) is 20.8 Å². The molecular weight excluding hydrogens is 299 g/mol. The van der Waals surface area contributed by atoms with Gasteiger partial charge in [-0.2, -0.15) is 0 Å². The average Bonchev–Trinajstić information content (AvgIpc) is 2.66. The molecule has 0 unspecified atom stereocenters. The standard InChI is InChI=1S/C15H14Cl2OS/c1-15(2,3)10-6-4-9(5-7-10)13(18)11-8-12(16)19-14(11)17/h4-8H,1-3H3. The van der Waals surface area contributed by atoms with Gasteiger partial charge >= 0.3 is 0 Å². The molecule has 19 heavy (non-hydrogen) atoms. The second-order valence-corrected chi connectivity index (χ2v) is 7.68. The Kier molecular flexibility index (Phi) is 4.05. The number of ketones is 1. The third kappa shape index (κ3) is 3.19. The van der Waals surface area contributed by atoms with E-state index in [0.29, 0.717) is 19.8 Å². The molecule has 0 aliphatic rings. The maximum absolute atomic E-state index is 12.3. The van der Waals surface area contributed by atoms with Crippen LogP contribution in [0.3, 0.4) is 0 Å². The minimum Gasteiger partial charge on any atom is -0.289 e. The van der Waals surface area contributed by atoms with E-state index in [1.54, 1.807) is 6.07 Å². The molecule has 1 nitrogen and oxygen atoms in total. The molecule has 1 heterocycles. The minimum atomic E-state index is -0.0893. The van der Waals surface area contributed by atoms with Gasteiger partial charge in [-0.3, -0.25) is 4.79 Å². The summed E-state index contributed by atoms with van der Waals surface area (Å²) < 4.78 is 0.967. The van der Waals surface area contributed by atoms with Gasteiger partial charge in [0, 0.05) is 5.56 Å². The second kappa shape index (κ2) is 5.28. The first-order chi connectivity index (χ1) is 8.79. The molecule has 0 aliphatic heterocycles. The van der Waals surface area contributed by atoms with Gasteiger partial charge < -0.3 is 0 Å². The smallest absolute Gasteiger partial charge is 0.195 e. The summed E-state index contributed by atoms with van der Waals surface area (Å²) in [7, 11) is 0. The highest BCUT2D eigenvalue weighted by molar-refractivity contribution is 7.20. The van der Waals surface area contributed by atoms with Crippen LogP contribution in [0.1, 0.15) is 42.3 Å². The molecule has 0 amide bonds. The molecule has 1 aromatic carbocycles. The lowest BCUT2D eigenvalue weighted by Crippen LogP contribution is -2.11. The van der Waals surface area contributed by atoms with Crippen LogP contribution in [0.4, 0.5) is 0 Å². The molecule has 0 saturated heterocycles. The summed E-state index contributed by atoms with van der Waals surface area (Å²) in [5, 5.41) is 0. The maximum atomic E-state index is 12.3. The second-order valence-electron chi connectivity index (χ2n) is 5.39. The number of thiophene rings is 1. The molecule has 0 radical (unpaired) electrons. The van der Waals surface area contributed by atoms with Gasteiger partial charge in [-0.15, -0.1) is 11.3 Å². The number of carbonyl (C=O) groups excluding carboxylic acids is 1. The van der Waals surface area contributed by atoms with E-state index in [-0.39, 0.29) is 11.2 Å². The Bertz CT molecular complexity index is 606. The van der Waals surface area contributed by atoms with E-state index >= 15 is 0 Å². The van der Waals surface area contributed by atoms with Crippen LogP contribution in [0.5, 0.6) is 0 Å². The van der Waals surface area contributed by atoms with Crippen molar-refractivity contribution in [1.29, 1.82) is 0 Å². The molecule has 0 aliphatic carbocycles. The monoisotopic (exact) mass is 312 g/mol. The van der Waals surface area contributed by atoms with Crippen molar-refractivity contribution in [2.24, 2.45) is 0 Å². The molecule has 100 valence electrons. The van der Waals surface area contributed by atoms with Crippen LogP contribution >= 0.6 is 34.5 Å². The predicted molar refractivity (Wildman–Crippen MR) is 82.9 cm³/mol. The SMILES string of the molecule is CC(C)(C)c1ccc(C(=O)c2cc(Cl)sc2Cl)cc1. The van der Waals surface area contributed by atoms with Crippen molar-refractivity contribution in [3.05, 3.63) is 55.7 Å². The summed E-state index contributed by atoms with van der Waals surface area (Å²) in [6, 6.07) is 9.26. The largest absolute Gasteiger partial charge is 0.289 e. The molecule has 0 N–H and O–H groups in total. The molecule has 4 heteroatoms. The molecule has 0 atom stereocenters. The molecule has 0 saturated carbocycles. The molecule has 0 fully saturated rings. The van der Waals surface area contributed by atoms with Crippen LogP contribution in [0.15, 0.2) is 30.3 Å². The zero-order valence-corrected chi connectivity index (χ0v) is 13.3. The first-order valence-electron chi connectivity index (χ1n) is 5.89. The van der Waals surface area contributed by atoms with Crippen LogP contribution in [0, 0.1) is 0 Å². The van der Waals surface area contributed by atoms with Gasteiger partial charge in [0.2, 0.25) is 0 Å². The predicted octanol–water partition coefficient (Wildman–Crippen LogP) is 5.58. The van der Waals surface area contributed by atoms with Crippen molar-refractivity contribution >= 4 is 40.3 Å². The van der Waals surface area contributed by atoms with Crippen LogP contribution < -0.4 is 0 Å². The van der Waals surface area contributed by atoms with E-state index in [1.807, 2.05) is 24.3 Å². The van der Waals surface area contributed by atoms with Crippen LogP contribution in [-0.4, -0.2) is 5.78 Å². The molecule has 2 rings (SSSR count). The summed E-state index contributed by atoms with van der Waals surface area (Å²) in [5.74, 6) is -0.0893. The van der Waals surface area contributed by atoms with E-state index in [4.69, 9.17) is 23.2 Å². The van der Waals surface area contributed by atoms with Crippen LogP contribution in [0.25, 0.3) is 0 Å². The maximum Gasteiger partial charge on any atom is 0.195 e. The van der Waals surface area contributed by atoms with Crippen molar-refractivity contribution in [1.82, 2.24) is 0 Å². The quantitative estimate of drug-likeness (QED) is 0.661. The fourth-order valence-corrected chi connectivity index (χ4v) is 3.23. The zero-order valence-electron chi connectivity index (χ0n) is 11.0. The zero-order chi connectivity index (χ0) is 14.2. The number of hydrogen-bond donors (Lipinski definition) is 0. The summed E-state index contributed by atoms with van der Waals surface area (Å²) >= 11 is 13.1. The molecular formula is C15H14Cl2OS. The van der Waals surface area contributed by atoms with Gasteiger partial charge in [0.05, 0.1) is 9.90 Å².